The van der Waals surface area contributed by atoms with Gasteiger partial charge in [0.15, 0.2) is 0 Å². The highest BCUT2D eigenvalue weighted by molar-refractivity contribution is 7.90. The van der Waals surface area contributed by atoms with Crippen molar-refractivity contribution < 1.29 is 13.3 Å². The second-order valence-corrected chi connectivity index (χ2v) is 7.07. The molecular formula is C12H20N4O4S. The van der Waals surface area contributed by atoms with Gasteiger partial charge in [-0.3, -0.25) is 10.1 Å². The fourth-order valence-electron chi connectivity index (χ4n) is 1.79. The average molecular weight is 316 g/mol. The van der Waals surface area contributed by atoms with E-state index in [4.69, 9.17) is 0 Å². The number of anilines is 2. The highest BCUT2D eigenvalue weighted by Gasteiger charge is 2.19. The molecule has 1 unspecified atom stereocenters. The van der Waals surface area contributed by atoms with Crippen LogP contribution in [0.15, 0.2) is 12.1 Å². The zero-order valence-electron chi connectivity index (χ0n) is 12.3. The van der Waals surface area contributed by atoms with Gasteiger partial charge in [0, 0.05) is 24.9 Å². The molecule has 1 atom stereocenters. The van der Waals surface area contributed by atoms with Crippen molar-refractivity contribution in [2.75, 3.05) is 29.2 Å². The van der Waals surface area contributed by atoms with Crippen molar-refractivity contribution in [2.45, 2.75) is 26.3 Å². The Kier molecular flexibility index (Phi) is 5.89. The quantitative estimate of drug-likeness (QED) is 0.553. The molecule has 0 spiro atoms. The maximum atomic E-state index is 11.3. The highest BCUT2D eigenvalue weighted by Crippen LogP contribution is 2.24. The van der Waals surface area contributed by atoms with E-state index in [1.807, 2.05) is 6.92 Å². The molecule has 0 fully saturated rings. The molecule has 0 aliphatic heterocycles. The standard InChI is InChI=1S/C12H20N4O4S/c1-4-7-13-11-6-5-10(16(17)18)12(15-11)14-9(2)8-21(3,19)20/h5-6,9H,4,7-8H2,1-3H3,(H2,13,14,15). The number of pyridine rings is 1. The van der Waals surface area contributed by atoms with Crippen LogP contribution in [0, 0.1) is 10.1 Å². The van der Waals surface area contributed by atoms with Crippen LogP contribution in [0.3, 0.4) is 0 Å². The Bertz CT molecular complexity index is 603. The normalized spacial score (nSPS) is 12.7. The molecule has 1 heterocycles. The monoisotopic (exact) mass is 316 g/mol. The fourth-order valence-corrected chi connectivity index (χ4v) is 2.78. The first-order valence-corrected chi connectivity index (χ1v) is 8.62. The van der Waals surface area contributed by atoms with Gasteiger partial charge in [-0.2, -0.15) is 0 Å². The molecule has 21 heavy (non-hydrogen) atoms. The van der Waals surface area contributed by atoms with Crippen LogP contribution in [0.2, 0.25) is 0 Å². The maximum Gasteiger partial charge on any atom is 0.311 e. The van der Waals surface area contributed by atoms with Crippen LogP contribution < -0.4 is 10.6 Å². The van der Waals surface area contributed by atoms with E-state index in [0.717, 1.165) is 12.7 Å². The summed E-state index contributed by atoms with van der Waals surface area (Å²) < 4.78 is 22.5. The molecule has 0 aliphatic carbocycles. The number of hydrogen-bond donors (Lipinski definition) is 2. The number of sulfone groups is 1. The minimum absolute atomic E-state index is 0.0669. The third-order valence-corrected chi connectivity index (χ3v) is 3.67. The van der Waals surface area contributed by atoms with Gasteiger partial charge >= 0.3 is 5.69 Å². The van der Waals surface area contributed by atoms with Crippen molar-refractivity contribution in [3.63, 3.8) is 0 Å². The van der Waals surface area contributed by atoms with E-state index in [1.165, 1.54) is 12.1 Å². The van der Waals surface area contributed by atoms with E-state index in [1.54, 1.807) is 6.92 Å². The zero-order valence-corrected chi connectivity index (χ0v) is 13.1. The first-order valence-electron chi connectivity index (χ1n) is 6.56. The van der Waals surface area contributed by atoms with Crippen LogP contribution in [0.25, 0.3) is 0 Å². The van der Waals surface area contributed by atoms with Gasteiger partial charge in [-0.15, -0.1) is 0 Å². The highest BCUT2D eigenvalue weighted by atomic mass is 32.2. The predicted octanol–water partition coefficient (Wildman–Crippen LogP) is 1.66. The van der Waals surface area contributed by atoms with Crippen molar-refractivity contribution in [1.29, 1.82) is 0 Å². The Labute approximate surface area is 124 Å². The molecule has 1 aromatic rings. The topological polar surface area (TPSA) is 114 Å². The molecule has 1 aromatic heterocycles. The summed E-state index contributed by atoms with van der Waals surface area (Å²) in [6.07, 6.45) is 2.01. The lowest BCUT2D eigenvalue weighted by atomic mass is 10.3. The lowest BCUT2D eigenvalue weighted by Gasteiger charge is -2.14. The zero-order chi connectivity index (χ0) is 16.0. The predicted molar refractivity (Wildman–Crippen MR) is 82.5 cm³/mol. The second kappa shape index (κ2) is 7.21. The summed E-state index contributed by atoms with van der Waals surface area (Å²) in [7, 11) is -3.18. The Morgan fingerprint density at radius 1 is 1.43 bits per heavy atom. The number of nitrogens with one attached hydrogen (secondary N) is 2. The molecule has 0 aliphatic rings. The molecule has 9 heteroatoms. The second-order valence-electron chi connectivity index (χ2n) is 4.89. The van der Waals surface area contributed by atoms with E-state index in [2.05, 4.69) is 15.6 Å². The summed E-state index contributed by atoms with van der Waals surface area (Å²) in [6, 6.07) is 2.40. The summed E-state index contributed by atoms with van der Waals surface area (Å²) in [5.41, 5.74) is -0.183. The van der Waals surface area contributed by atoms with Gasteiger partial charge < -0.3 is 10.6 Å². The third-order valence-electron chi connectivity index (χ3n) is 2.56. The summed E-state index contributed by atoms with van der Waals surface area (Å²) >= 11 is 0. The van der Waals surface area contributed by atoms with Gasteiger partial charge in [-0.1, -0.05) is 6.92 Å². The Balaban J connectivity index is 2.97. The molecule has 118 valence electrons. The van der Waals surface area contributed by atoms with Gasteiger partial charge in [0.05, 0.1) is 10.7 Å². The lowest BCUT2D eigenvalue weighted by Crippen LogP contribution is -2.26. The molecule has 0 aromatic carbocycles. The summed E-state index contributed by atoms with van der Waals surface area (Å²) in [4.78, 5) is 14.6. The van der Waals surface area contributed by atoms with Crippen molar-refractivity contribution in [2.24, 2.45) is 0 Å². The van der Waals surface area contributed by atoms with Crippen LogP contribution >= 0.6 is 0 Å². The molecule has 8 nitrogen and oxygen atoms in total. The van der Waals surface area contributed by atoms with Crippen LogP contribution in [0.1, 0.15) is 20.3 Å². The molecule has 0 saturated carbocycles. The summed E-state index contributed by atoms with van der Waals surface area (Å²) in [5.74, 6) is 0.451. The van der Waals surface area contributed by atoms with Crippen LogP contribution in [-0.2, 0) is 9.84 Å². The molecule has 2 N–H and O–H groups in total. The van der Waals surface area contributed by atoms with Gasteiger partial charge in [-0.25, -0.2) is 13.4 Å². The minimum atomic E-state index is -3.18. The van der Waals surface area contributed by atoms with E-state index >= 15 is 0 Å². The van der Waals surface area contributed by atoms with Crippen LogP contribution in [0.5, 0.6) is 0 Å². The molecule has 0 radical (unpaired) electrons. The van der Waals surface area contributed by atoms with E-state index in [-0.39, 0.29) is 17.3 Å². The number of nitrogens with zero attached hydrogens (tertiary/aromatic N) is 2. The van der Waals surface area contributed by atoms with Gasteiger partial charge in [0.2, 0.25) is 5.82 Å². The van der Waals surface area contributed by atoms with Crippen molar-refractivity contribution in [3.05, 3.63) is 22.2 Å². The Hall–Kier alpha value is -1.90. The maximum absolute atomic E-state index is 11.3. The van der Waals surface area contributed by atoms with Gasteiger partial charge in [0.25, 0.3) is 0 Å². The van der Waals surface area contributed by atoms with Gasteiger partial charge in [-0.05, 0) is 19.4 Å². The number of rotatable bonds is 8. The van der Waals surface area contributed by atoms with Crippen molar-refractivity contribution in [1.82, 2.24) is 4.98 Å². The first-order chi connectivity index (χ1) is 9.73. The Morgan fingerprint density at radius 3 is 2.62 bits per heavy atom. The average Bonchev–Trinajstić information content (AvgIpc) is 2.33. The number of hydrogen-bond acceptors (Lipinski definition) is 7. The minimum Gasteiger partial charge on any atom is -0.370 e. The van der Waals surface area contributed by atoms with Crippen molar-refractivity contribution >= 4 is 27.2 Å². The first kappa shape index (κ1) is 17.2. The van der Waals surface area contributed by atoms with Crippen molar-refractivity contribution in [3.8, 4) is 0 Å². The summed E-state index contributed by atoms with van der Waals surface area (Å²) in [6.45, 7) is 4.33. The van der Waals surface area contributed by atoms with E-state index < -0.39 is 20.8 Å². The lowest BCUT2D eigenvalue weighted by molar-refractivity contribution is -0.384. The van der Waals surface area contributed by atoms with E-state index in [9.17, 15) is 18.5 Å². The van der Waals surface area contributed by atoms with Crippen LogP contribution in [0.4, 0.5) is 17.3 Å². The smallest absolute Gasteiger partial charge is 0.311 e. The van der Waals surface area contributed by atoms with Gasteiger partial charge in [0.1, 0.15) is 15.7 Å². The van der Waals surface area contributed by atoms with Crippen LogP contribution in [-0.4, -0.2) is 42.9 Å². The largest absolute Gasteiger partial charge is 0.370 e. The third kappa shape index (κ3) is 5.94. The fraction of sp³-hybridized carbons (Fsp3) is 0.583. The molecular weight excluding hydrogens is 296 g/mol. The molecule has 1 rings (SSSR count). The number of aromatic nitrogens is 1. The SMILES string of the molecule is CCCNc1ccc([N+](=O)[O-])c(NC(C)CS(C)(=O)=O)n1. The molecule has 0 saturated heterocycles. The van der Waals surface area contributed by atoms with E-state index in [0.29, 0.717) is 12.4 Å². The molecule has 0 amide bonds. The molecule has 0 bridgehead atoms. The number of nitro groups is 1. The Morgan fingerprint density at radius 2 is 2.10 bits per heavy atom. The summed E-state index contributed by atoms with van der Waals surface area (Å²) in [5, 5.41) is 16.8.